The van der Waals surface area contributed by atoms with Crippen LogP contribution in [0.4, 0.5) is 13.2 Å². The summed E-state index contributed by atoms with van der Waals surface area (Å²) in [6.07, 6.45) is 1.61. The molecule has 11 heteroatoms. The number of rotatable bonds is 10. The standard InChI is InChI=1S/C27H28ClF3N2O5/c1-37-16-2-3-22-18(12-16)24(19(28)15-32-22)23(34)4-5-27(26(35)36)6-8-33(9-7-27)10-11-38-17-13-20(29)25(31)21(30)14-17/h2-3,12-15,23,34H,4-11H2,1H3,(H,35,36)/t23-/m1/s1. The first kappa shape index (κ1) is 27.9. The van der Waals surface area contributed by atoms with E-state index in [1.165, 1.54) is 13.3 Å². The number of hydrogen-bond donors (Lipinski definition) is 2. The maximum Gasteiger partial charge on any atom is 0.309 e. The van der Waals surface area contributed by atoms with Crippen LogP contribution in [0.1, 0.15) is 37.4 Å². The monoisotopic (exact) mass is 552 g/mol. The van der Waals surface area contributed by atoms with E-state index in [9.17, 15) is 28.2 Å². The van der Waals surface area contributed by atoms with Crippen LogP contribution < -0.4 is 9.47 Å². The van der Waals surface area contributed by atoms with Crippen molar-refractivity contribution in [2.45, 2.75) is 31.8 Å². The molecule has 1 aliphatic heterocycles. The Labute approximate surface area is 222 Å². The number of piperidine rings is 1. The van der Waals surface area contributed by atoms with Gasteiger partial charge in [0.25, 0.3) is 0 Å². The lowest BCUT2D eigenvalue weighted by atomic mass is 9.74. The lowest BCUT2D eigenvalue weighted by Crippen LogP contribution is -2.45. The minimum atomic E-state index is -1.55. The number of aliphatic hydroxyl groups excluding tert-OH is 1. The summed E-state index contributed by atoms with van der Waals surface area (Å²) in [7, 11) is 1.53. The molecule has 0 aliphatic carbocycles. The number of nitrogens with zero attached hydrogens (tertiary/aromatic N) is 2. The van der Waals surface area contributed by atoms with Crippen molar-refractivity contribution >= 4 is 28.5 Å². The van der Waals surface area contributed by atoms with E-state index in [1.54, 1.807) is 18.2 Å². The fourth-order valence-electron chi connectivity index (χ4n) is 4.87. The van der Waals surface area contributed by atoms with Gasteiger partial charge >= 0.3 is 5.97 Å². The van der Waals surface area contributed by atoms with Crippen LogP contribution in [0.5, 0.6) is 11.5 Å². The Kier molecular flexibility index (Phi) is 8.64. The summed E-state index contributed by atoms with van der Waals surface area (Å²) in [5, 5.41) is 22.1. The average Bonchev–Trinajstić information content (AvgIpc) is 2.90. The molecule has 3 aromatic rings. The number of halogens is 4. The first-order valence-corrected chi connectivity index (χ1v) is 12.5. The topological polar surface area (TPSA) is 92.1 Å². The van der Waals surface area contributed by atoms with Gasteiger partial charge in [0.1, 0.15) is 18.1 Å². The Bertz CT molecular complexity index is 1290. The number of aromatic nitrogens is 1. The summed E-state index contributed by atoms with van der Waals surface area (Å²) in [4.78, 5) is 18.6. The number of aliphatic carboxylic acids is 1. The molecule has 1 fully saturated rings. The highest BCUT2D eigenvalue weighted by atomic mass is 35.5. The third kappa shape index (κ3) is 5.98. The van der Waals surface area contributed by atoms with Crippen molar-refractivity contribution in [1.82, 2.24) is 9.88 Å². The highest BCUT2D eigenvalue weighted by Crippen LogP contribution is 2.41. The molecule has 0 spiro atoms. The first-order chi connectivity index (χ1) is 18.1. The van der Waals surface area contributed by atoms with Gasteiger partial charge in [-0.1, -0.05) is 11.6 Å². The van der Waals surface area contributed by atoms with E-state index in [2.05, 4.69) is 4.98 Å². The molecule has 0 saturated carbocycles. The number of methoxy groups -OCH3 is 1. The van der Waals surface area contributed by atoms with Crippen LogP contribution in [-0.2, 0) is 4.79 Å². The van der Waals surface area contributed by atoms with Gasteiger partial charge in [0.15, 0.2) is 17.5 Å². The van der Waals surface area contributed by atoms with Crippen LogP contribution >= 0.6 is 11.6 Å². The minimum absolute atomic E-state index is 0.0976. The predicted octanol–water partition coefficient (Wildman–Crippen LogP) is 5.37. The zero-order chi connectivity index (χ0) is 27.4. The number of carbonyl (C=O) groups is 1. The maximum atomic E-state index is 13.4. The number of aliphatic hydroxyl groups is 1. The summed E-state index contributed by atoms with van der Waals surface area (Å²) < 4.78 is 50.5. The molecule has 2 aromatic carbocycles. The van der Waals surface area contributed by atoms with Gasteiger partial charge in [0.2, 0.25) is 0 Å². The number of pyridine rings is 1. The number of carboxylic acid groups (broad SMARTS) is 1. The van der Waals surface area contributed by atoms with Gasteiger partial charge < -0.3 is 19.7 Å². The van der Waals surface area contributed by atoms with Crippen molar-refractivity contribution in [3.05, 3.63) is 64.6 Å². The largest absolute Gasteiger partial charge is 0.497 e. The van der Waals surface area contributed by atoms with Crippen molar-refractivity contribution in [2.75, 3.05) is 33.4 Å². The zero-order valence-electron chi connectivity index (χ0n) is 20.7. The Morgan fingerprint density at radius 3 is 2.47 bits per heavy atom. The summed E-state index contributed by atoms with van der Waals surface area (Å²) >= 11 is 6.39. The van der Waals surface area contributed by atoms with E-state index in [1.807, 2.05) is 4.90 Å². The zero-order valence-corrected chi connectivity index (χ0v) is 21.5. The van der Waals surface area contributed by atoms with E-state index in [4.69, 9.17) is 21.1 Å². The van der Waals surface area contributed by atoms with Crippen LogP contribution in [-0.4, -0.2) is 59.4 Å². The number of carboxylic acids is 1. The Morgan fingerprint density at radius 2 is 1.84 bits per heavy atom. The summed E-state index contributed by atoms with van der Waals surface area (Å²) in [5.41, 5.74) is 0.104. The first-order valence-electron chi connectivity index (χ1n) is 12.2. The van der Waals surface area contributed by atoms with E-state index >= 15 is 0 Å². The van der Waals surface area contributed by atoms with Crippen molar-refractivity contribution in [2.24, 2.45) is 5.41 Å². The molecule has 1 atom stereocenters. The van der Waals surface area contributed by atoms with Crippen molar-refractivity contribution in [3.63, 3.8) is 0 Å². The van der Waals surface area contributed by atoms with Gasteiger partial charge in [-0.05, 0) is 57.0 Å². The third-order valence-electron chi connectivity index (χ3n) is 7.20. The molecule has 0 bridgehead atoms. The highest BCUT2D eigenvalue weighted by molar-refractivity contribution is 6.32. The van der Waals surface area contributed by atoms with Crippen LogP contribution in [0.25, 0.3) is 10.9 Å². The molecule has 2 N–H and O–H groups in total. The number of hydrogen-bond acceptors (Lipinski definition) is 6. The van der Waals surface area contributed by atoms with Gasteiger partial charge in [-0.15, -0.1) is 0 Å². The Balaban J connectivity index is 1.36. The molecule has 0 unspecified atom stereocenters. The summed E-state index contributed by atoms with van der Waals surface area (Å²) in [6.45, 7) is 1.43. The van der Waals surface area contributed by atoms with E-state index in [0.29, 0.717) is 59.7 Å². The van der Waals surface area contributed by atoms with Crippen molar-refractivity contribution < 1.29 is 37.7 Å². The molecule has 1 aromatic heterocycles. The van der Waals surface area contributed by atoms with Gasteiger partial charge in [-0.3, -0.25) is 14.7 Å². The minimum Gasteiger partial charge on any atom is -0.497 e. The molecule has 4 rings (SSSR count). The molecule has 2 heterocycles. The molecular weight excluding hydrogens is 525 g/mol. The molecule has 204 valence electrons. The lowest BCUT2D eigenvalue weighted by molar-refractivity contribution is -0.153. The van der Waals surface area contributed by atoms with Crippen LogP contribution in [0, 0.1) is 22.9 Å². The van der Waals surface area contributed by atoms with Gasteiger partial charge in [-0.25, -0.2) is 13.2 Å². The van der Waals surface area contributed by atoms with Gasteiger partial charge in [0.05, 0.1) is 29.2 Å². The van der Waals surface area contributed by atoms with E-state index in [-0.39, 0.29) is 25.2 Å². The van der Waals surface area contributed by atoms with E-state index < -0.39 is 34.9 Å². The Morgan fingerprint density at radius 1 is 1.16 bits per heavy atom. The van der Waals surface area contributed by atoms with E-state index in [0.717, 1.165) is 12.1 Å². The molecule has 7 nitrogen and oxygen atoms in total. The SMILES string of the molecule is COc1ccc2ncc(Cl)c([C@H](O)CCC3(C(=O)O)CCN(CCOc4cc(F)c(F)c(F)c4)CC3)c2c1. The second-order valence-electron chi connectivity index (χ2n) is 9.43. The predicted molar refractivity (Wildman–Crippen MR) is 135 cm³/mol. The normalized spacial score (nSPS) is 16.4. The molecule has 0 radical (unpaired) electrons. The fourth-order valence-corrected chi connectivity index (χ4v) is 5.15. The van der Waals surface area contributed by atoms with Crippen LogP contribution in [0.2, 0.25) is 5.02 Å². The molecule has 38 heavy (non-hydrogen) atoms. The average molecular weight is 553 g/mol. The molecule has 1 saturated heterocycles. The smallest absolute Gasteiger partial charge is 0.309 e. The van der Waals surface area contributed by atoms with Gasteiger partial charge in [-0.2, -0.15) is 0 Å². The number of benzene rings is 2. The lowest BCUT2D eigenvalue weighted by Gasteiger charge is -2.39. The number of likely N-dealkylation sites (tertiary alicyclic amines) is 1. The summed E-state index contributed by atoms with van der Waals surface area (Å²) in [5.74, 6) is -4.67. The summed E-state index contributed by atoms with van der Waals surface area (Å²) in [6, 6.07) is 6.83. The maximum absolute atomic E-state index is 13.4. The second-order valence-corrected chi connectivity index (χ2v) is 9.84. The fraction of sp³-hybridized carbons (Fsp3) is 0.407. The number of ether oxygens (including phenoxy) is 2. The van der Waals surface area contributed by atoms with Crippen molar-refractivity contribution in [3.8, 4) is 11.5 Å². The van der Waals surface area contributed by atoms with Crippen LogP contribution in [0.3, 0.4) is 0 Å². The molecule has 0 amide bonds. The van der Waals surface area contributed by atoms with Gasteiger partial charge in [0, 0.05) is 35.8 Å². The molecular formula is C27H28ClF3N2O5. The van der Waals surface area contributed by atoms with Crippen LogP contribution in [0.15, 0.2) is 36.5 Å². The quantitative estimate of drug-likeness (QED) is 0.327. The van der Waals surface area contributed by atoms with Crippen molar-refractivity contribution in [1.29, 1.82) is 0 Å². The number of fused-ring (bicyclic) bond motifs is 1. The second kappa shape index (κ2) is 11.8. The highest BCUT2D eigenvalue weighted by Gasteiger charge is 2.41. The third-order valence-corrected chi connectivity index (χ3v) is 7.50. The molecule has 1 aliphatic rings. The Hall–Kier alpha value is -3.08.